The Morgan fingerprint density at radius 3 is 2.79 bits per heavy atom. The van der Waals surface area contributed by atoms with Crippen molar-refractivity contribution in [3.8, 4) is 11.5 Å². The maximum atomic E-state index is 12.4. The summed E-state index contributed by atoms with van der Waals surface area (Å²) >= 11 is 7.15. The highest BCUT2D eigenvalue weighted by Crippen LogP contribution is 2.29. The fourth-order valence-electron chi connectivity index (χ4n) is 2.18. The third kappa shape index (κ3) is 3.49. The minimum Gasteiger partial charge on any atom is -0.497 e. The lowest BCUT2D eigenvalue weighted by atomic mass is 10.1. The summed E-state index contributed by atoms with van der Waals surface area (Å²) in [6.45, 7) is 0. The topological polar surface area (TPSA) is 61.6 Å². The van der Waals surface area contributed by atoms with E-state index in [0.717, 1.165) is 0 Å². The Bertz CT molecular complexity index is 893. The van der Waals surface area contributed by atoms with Crippen LogP contribution < -0.4 is 9.47 Å². The summed E-state index contributed by atoms with van der Waals surface area (Å²) in [5.74, 6) is 1.21. The Morgan fingerprint density at radius 2 is 2.04 bits per heavy atom. The van der Waals surface area contributed by atoms with Crippen LogP contribution in [-0.4, -0.2) is 30.7 Å². The molecule has 0 aliphatic carbocycles. The molecule has 124 valence electrons. The van der Waals surface area contributed by atoms with Crippen LogP contribution in [0.25, 0.3) is 11.1 Å². The number of rotatable bonds is 6. The molecule has 2 aromatic carbocycles. The van der Waals surface area contributed by atoms with E-state index in [1.807, 2.05) is 0 Å². The second-order valence-electron chi connectivity index (χ2n) is 4.87. The van der Waals surface area contributed by atoms with Crippen LogP contribution in [0.15, 0.2) is 46.0 Å². The quantitative estimate of drug-likeness (QED) is 0.475. The number of nitrogens with zero attached hydrogens (tertiary/aromatic N) is 1. The van der Waals surface area contributed by atoms with E-state index < -0.39 is 0 Å². The van der Waals surface area contributed by atoms with Crippen molar-refractivity contribution in [1.82, 2.24) is 4.98 Å². The SMILES string of the molecule is COc1ccc(C(=O)CSc2nc3cc(Cl)ccc3o2)c(OC)c1. The number of halogens is 1. The first-order valence-corrected chi connectivity index (χ1v) is 8.41. The lowest BCUT2D eigenvalue weighted by Gasteiger charge is -2.08. The molecule has 0 atom stereocenters. The molecule has 7 heteroatoms. The van der Waals surface area contributed by atoms with E-state index >= 15 is 0 Å². The van der Waals surface area contributed by atoms with Crippen LogP contribution in [0, 0.1) is 0 Å². The average molecular weight is 364 g/mol. The van der Waals surface area contributed by atoms with Gasteiger partial charge in [0.05, 0.1) is 25.5 Å². The maximum absolute atomic E-state index is 12.4. The fraction of sp³-hybridized carbons (Fsp3) is 0.176. The Morgan fingerprint density at radius 1 is 1.21 bits per heavy atom. The van der Waals surface area contributed by atoms with Crippen molar-refractivity contribution < 1.29 is 18.7 Å². The second-order valence-corrected chi connectivity index (χ2v) is 6.23. The molecule has 5 nitrogen and oxygen atoms in total. The Hall–Kier alpha value is -2.18. The Balaban J connectivity index is 1.74. The predicted octanol–water partition coefficient (Wildman–Crippen LogP) is 4.47. The van der Waals surface area contributed by atoms with E-state index in [0.29, 0.717) is 38.4 Å². The molecule has 3 rings (SSSR count). The minimum atomic E-state index is -0.0835. The zero-order valence-corrected chi connectivity index (χ0v) is 14.6. The van der Waals surface area contributed by atoms with Crippen molar-refractivity contribution in [3.63, 3.8) is 0 Å². The number of fused-ring (bicyclic) bond motifs is 1. The molecule has 0 fully saturated rings. The summed E-state index contributed by atoms with van der Waals surface area (Å²) in [7, 11) is 3.08. The summed E-state index contributed by atoms with van der Waals surface area (Å²) in [5, 5.41) is 1.01. The number of ketones is 1. The molecule has 1 aromatic heterocycles. The summed E-state index contributed by atoms with van der Waals surface area (Å²) in [4.78, 5) is 16.8. The molecule has 3 aromatic rings. The summed E-state index contributed by atoms with van der Waals surface area (Å²) in [6.07, 6.45) is 0. The number of carbonyl (C=O) groups is 1. The molecule has 0 amide bonds. The molecule has 0 bridgehead atoms. The van der Waals surface area contributed by atoms with Gasteiger partial charge in [-0.15, -0.1) is 0 Å². The number of carbonyl (C=O) groups excluding carboxylic acids is 1. The zero-order chi connectivity index (χ0) is 17.1. The molecule has 0 aliphatic rings. The van der Waals surface area contributed by atoms with Gasteiger partial charge in [0.15, 0.2) is 11.4 Å². The van der Waals surface area contributed by atoms with Gasteiger partial charge in [-0.2, -0.15) is 0 Å². The van der Waals surface area contributed by atoms with Gasteiger partial charge in [0.1, 0.15) is 17.0 Å². The molecular weight excluding hydrogens is 350 g/mol. The highest BCUT2D eigenvalue weighted by atomic mass is 35.5. The third-order valence-corrected chi connectivity index (χ3v) is 4.43. The third-order valence-electron chi connectivity index (χ3n) is 3.37. The molecule has 1 heterocycles. The zero-order valence-electron chi connectivity index (χ0n) is 13.0. The first-order valence-electron chi connectivity index (χ1n) is 7.05. The van der Waals surface area contributed by atoms with E-state index in [-0.39, 0.29) is 11.5 Å². The molecule has 0 saturated carbocycles. The standard InChI is InChI=1S/C17H14ClNO4S/c1-21-11-4-5-12(16(8-11)22-2)14(20)9-24-17-19-13-7-10(18)3-6-15(13)23-17/h3-8H,9H2,1-2H3. The number of Topliss-reactive ketones (excluding diaryl/α,β-unsaturated/α-hetero) is 1. The van der Waals surface area contributed by atoms with Gasteiger partial charge < -0.3 is 13.9 Å². The van der Waals surface area contributed by atoms with Crippen LogP contribution >= 0.6 is 23.4 Å². The van der Waals surface area contributed by atoms with E-state index in [2.05, 4.69) is 4.98 Å². The van der Waals surface area contributed by atoms with E-state index in [9.17, 15) is 4.79 Å². The number of thioether (sulfide) groups is 1. The number of hydrogen-bond donors (Lipinski definition) is 0. The normalized spacial score (nSPS) is 10.8. The summed E-state index contributed by atoms with van der Waals surface area (Å²) in [5.41, 5.74) is 1.79. The fourth-order valence-corrected chi connectivity index (χ4v) is 3.06. The molecule has 0 aliphatic heterocycles. The molecule has 0 spiro atoms. The molecular formula is C17H14ClNO4S. The van der Waals surface area contributed by atoms with E-state index in [4.69, 9.17) is 25.5 Å². The van der Waals surface area contributed by atoms with Crippen LogP contribution in [0.5, 0.6) is 11.5 Å². The first-order chi connectivity index (χ1) is 11.6. The average Bonchev–Trinajstić information content (AvgIpc) is 3.00. The second kappa shape index (κ2) is 7.15. The molecule has 0 radical (unpaired) electrons. The van der Waals surface area contributed by atoms with Crippen LogP contribution in [0.3, 0.4) is 0 Å². The van der Waals surface area contributed by atoms with Gasteiger partial charge in [-0.3, -0.25) is 4.79 Å². The van der Waals surface area contributed by atoms with Gasteiger partial charge >= 0.3 is 0 Å². The van der Waals surface area contributed by atoms with Crippen molar-refractivity contribution in [3.05, 3.63) is 47.0 Å². The smallest absolute Gasteiger partial charge is 0.257 e. The van der Waals surface area contributed by atoms with Crippen molar-refractivity contribution in [2.75, 3.05) is 20.0 Å². The number of ether oxygens (including phenoxy) is 2. The van der Waals surface area contributed by atoms with Crippen molar-refractivity contribution in [2.24, 2.45) is 0 Å². The van der Waals surface area contributed by atoms with Gasteiger partial charge in [-0.1, -0.05) is 23.4 Å². The van der Waals surface area contributed by atoms with Crippen molar-refractivity contribution >= 4 is 40.2 Å². The highest BCUT2D eigenvalue weighted by Gasteiger charge is 2.15. The Labute approximate surface area is 147 Å². The van der Waals surface area contributed by atoms with E-state index in [1.54, 1.807) is 43.5 Å². The predicted molar refractivity (Wildman–Crippen MR) is 93.6 cm³/mol. The van der Waals surface area contributed by atoms with Gasteiger partial charge in [-0.25, -0.2) is 4.98 Å². The Kier molecular flexibility index (Phi) is 4.97. The lowest BCUT2D eigenvalue weighted by Crippen LogP contribution is -2.05. The first kappa shape index (κ1) is 16.7. The maximum Gasteiger partial charge on any atom is 0.257 e. The monoisotopic (exact) mass is 363 g/mol. The van der Waals surface area contributed by atoms with Crippen molar-refractivity contribution in [1.29, 1.82) is 0 Å². The largest absolute Gasteiger partial charge is 0.497 e. The number of oxazole rings is 1. The number of hydrogen-bond acceptors (Lipinski definition) is 6. The molecule has 0 saturated heterocycles. The minimum absolute atomic E-state index is 0.0835. The van der Waals surface area contributed by atoms with Gasteiger partial charge in [-0.05, 0) is 30.3 Å². The van der Waals surface area contributed by atoms with Gasteiger partial charge in [0.25, 0.3) is 5.22 Å². The van der Waals surface area contributed by atoms with E-state index in [1.165, 1.54) is 18.9 Å². The van der Waals surface area contributed by atoms with Crippen LogP contribution in [0.2, 0.25) is 5.02 Å². The van der Waals surface area contributed by atoms with Crippen LogP contribution in [-0.2, 0) is 0 Å². The number of benzene rings is 2. The highest BCUT2D eigenvalue weighted by molar-refractivity contribution is 7.99. The molecule has 0 unspecified atom stereocenters. The molecule has 24 heavy (non-hydrogen) atoms. The number of aromatic nitrogens is 1. The number of methoxy groups -OCH3 is 2. The summed E-state index contributed by atoms with van der Waals surface area (Å²) < 4.78 is 16.0. The summed E-state index contributed by atoms with van der Waals surface area (Å²) in [6, 6.07) is 10.3. The lowest BCUT2D eigenvalue weighted by molar-refractivity contribution is 0.101. The van der Waals surface area contributed by atoms with Crippen LogP contribution in [0.4, 0.5) is 0 Å². The van der Waals surface area contributed by atoms with Gasteiger partial charge in [0.2, 0.25) is 0 Å². The molecule has 0 N–H and O–H groups in total. The van der Waals surface area contributed by atoms with Gasteiger partial charge in [0, 0.05) is 11.1 Å². The van der Waals surface area contributed by atoms with Crippen LogP contribution in [0.1, 0.15) is 10.4 Å². The van der Waals surface area contributed by atoms with Crippen molar-refractivity contribution in [2.45, 2.75) is 5.22 Å².